The number of methoxy groups -OCH3 is 1. The molecular formula is C23H42LiN4O8+. The zero-order chi connectivity index (χ0) is 27.1. The first kappa shape index (κ1) is 34.0. The fourth-order valence-corrected chi connectivity index (χ4v) is 3.39. The number of likely N-dealkylation sites (N-methyl/N-ethyl adjacent to an activating group) is 2. The van der Waals surface area contributed by atoms with Crippen molar-refractivity contribution >= 4 is 24.1 Å². The summed E-state index contributed by atoms with van der Waals surface area (Å²) in [5.41, 5.74) is -1.08. The van der Waals surface area contributed by atoms with Crippen molar-refractivity contribution in [2.24, 2.45) is 0 Å². The third-order valence-electron chi connectivity index (χ3n) is 5.36. The van der Waals surface area contributed by atoms with Gasteiger partial charge in [0, 0.05) is 26.2 Å². The van der Waals surface area contributed by atoms with Gasteiger partial charge in [-0.05, 0) is 55.6 Å². The van der Waals surface area contributed by atoms with Gasteiger partial charge in [0.2, 0.25) is 0 Å². The standard InChI is InChI=1S/C12H22N2O4.C11H20N2O4.Li/c1-12(2,3)18-11(16)14-7-6-13(4)9(8-14)10(15)17-5;1-11(2,3)17-10(16)13-6-5-12(4)8(7-13)9(14)15;/h9H,6-8H2,1-5H3;8H,5-7H2,1-4H3,(H,14,15);/q;;+1/t9-;8-;/m11./s1. The molecule has 202 valence electrons. The Labute approximate surface area is 226 Å². The number of hydrogen-bond donors (Lipinski definition) is 1. The van der Waals surface area contributed by atoms with Crippen LogP contribution in [0.25, 0.3) is 0 Å². The van der Waals surface area contributed by atoms with Crippen LogP contribution in [-0.2, 0) is 23.8 Å². The number of ether oxygens (including phenoxy) is 3. The Kier molecular flexibility index (Phi) is 13.3. The molecule has 0 saturated carbocycles. The SMILES string of the molecule is CN1CCN(C(=O)OC(C)(C)C)C[C@@H]1C(=O)O.COC(=O)[C@H]1CN(C(=O)OC(C)(C)C)CCN1C.[Li+]. The second-order valence-electron chi connectivity index (χ2n) is 10.7. The Bertz CT molecular complexity index is 768. The molecule has 2 aliphatic rings. The smallest absolute Gasteiger partial charge is 0.480 e. The number of nitrogens with zero attached hydrogens (tertiary/aromatic N) is 4. The number of amides is 2. The van der Waals surface area contributed by atoms with Gasteiger partial charge in [-0.3, -0.25) is 19.4 Å². The van der Waals surface area contributed by atoms with Crippen LogP contribution in [0.1, 0.15) is 41.5 Å². The summed E-state index contributed by atoms with van der Waals surface area (Å²) in [6.45, 7) is 13.5. The number of carbonyl (C=O) groups excluding carboxylic acids is 3. The zero-order valence-corrected chi connectivity index (χ0v) is 23.5. The zero-order valence-electron chi connectivity index (χ0n) is 23.5. The molecule has 2 atom stereocenters. The van der Waals surface area contributed by atoms with Crippen LogP contribution in [-0.4, -0.2) is 133 Å². The van der Waals surface area contributed by atoms with E-state index in [1.54, 1.807) is 37.6 Å². The predicted octanol–water partition coefficient (Wildman–Crippen LogP) is -1.66. The summed E-state index contributed by atoms with van der Waals surface area (Å²) in [6, 6.07) is -1.08. The summed E-state index contributed by atoms with van der Waals surface area (Å²) < 4.78 is 15.2. The van der Waals surface area contributed by atoms with Gasteiger partial charge in [0.25, 0.3) is 0 Å². The van der Waals surface area contributed by atoms with Crippen LogP contribution in [0.15, 0.2) is 0 Å². The molecule has 0 aliphatic carbocycles. The van der Waals surface area contributed by atoms with Gasteiger partial charge < -0.3 is 29.1 Å². The molecule has 0 aromatic heterocycles. The van der Waals surface area contributed by atoms with E-state index in [9.17, 15) is 19.2 Å². The van der Waals surface area contributed by atoms with Crippen LogP contribution >= 0.6 is 0 Å². The average molecular weight is 510 g/mol. The number of carbonyl (C=O) groups is 4. The van der Waals surface area contributed by atoms with Crippen LogP contribution in [0.2, 0.25) is 0 Å². The molecule has 2 heterocycles. The van der Waals surface area contributed by atoms with E-state index in [4.69, 9.17) is 19.3 Å². The fourth-order valence-electron chi connectivity index (χ4n) is 3.39. The molecule has 2 saturated heterocycles. The number of piperazine rings is 2. The molecule has 0 unspecified atom stereocenters. The van der Waals surface area contributed by atoms with Crippen molar-refractivity contribution in [3.05, 3.63) is 0 Å². The third kappa shape index (κ3) is 11.4. The minimum atomic E-state index is -0.916. The summed E-state index contributed by atoms with van der Waals surface area (Å²) >= 11 is 0. The summed E-state index contributed by atoms with van der Waals surface area (Å²) in [6.07, 6.45) is -0.832. The summed E-state index contributed by atoms with van der Waals surface area (Å²) in [5, 5.41) is 9.02. The van der Waals surface area contributed by atoms with Crippen molar-refractivity contribution in [1.82, 2.24) is 19.6 Å². The first-order valence-electron chi connectivity index (χ1n) is 11.6. The molecule has 2 fully saturated rings. The summed E-state index contributed by atoms with van der Waals surface area (Å²) in [7, 11) is 4.93. The maximum Gasteiger partial charge on any atom is 1.00 e. The van der Waals surface area contributed by atoms with E-state index in [1.165, 1.54) is 12.0 Å². The molecule has 0 bridgehead atoms. The predicted molar refractivity (Wildman–Crippen MR) is 128 cm³/mol. The van der Waals surface area contributed by atoms with Crippen LogP contribution in [0.4, 0.5) is 9.59 Å². The summed E-state index contributed by atoms with van der Waals surface area (Å²) in [4.78, 5) is 52.9. The molecule has 0 radical (unpaired) electrons. The first-order valence-corrected chi connectivity index (χ1v) is 11.6. The Morgan fingerprint density at radius 1 is 0.722 bits per heavy atom. The second-order valence-corrected chi connectivity index (χ2v) is 10.7. The van der Waals surface area contributed by atoms with Crippen molar-refractivity contribution in [3.8, 4) is 0 Å². The van der Waals surface area contributed by atoms with Crippen molar-refractivity contribution < 1.29 is 57.4 Å². The van der Waals surface area contributed by atoms with Gasteiger partial charge in [0.1, 0.15) is 23.3 Å². The Balaban J connectivity index is 0.000000663. The fraction of sp³-hybridized carbons (Fsp3) is 0.826. The molecule has 0 aromatic carbocycles. The number of carboxylic acids is 1. The third-order valence-corrected chi connectivity index (χ3v) is 5.36. The van der Waals surface area contributed by atoms with Gasteiger partial charge in [-0.2, -0.15) is 0 Å². The molecule has 2 aliphatic heterocycles. The van der Waals surface area contributed by atoms with Gasteiger partial charge in [-0.25, -0.2) is 9.59 Å². The largest absolute Gasteiger partial charge is 1.00 e. The van der Waals surface area contributed by atoms with Crippen LogP contribution in [0.3, 0.4) is 0 Å². The molecule has 2 rings (SSSR count). The quantitative estimate of drug-likeness (QED) is 0.262. The Hall–Kier alpha value is -2.00. The van der Waals surface area contributed by atoms with Gasteiger partial charge in [0.05, 0.1) is 20.2 Å². The van der Waals surface area contributed by atoms with Gasteiger partial charge in [-0.15, -0.1) is 0 Å². The molecule has 0 aromatic rings. The van der Waals surface area contributed by atoms with E-state index in [1.807, 2.05) is 32.7 Å². The van der Waals surface area contributed by atoms with Crippen molar-refractivity contribution in [2.75, 3.05) is 60.5 Å². The second kappa shape index (κ2) is 14.1. The molecule has 12 nitrogen and oxygen atoms in total. The van der Waals surface area contributed by atoms with Crippen molar-refractivity contribution in [3.63, 3.8) is 0 Å². The van der Waals surface area contributed by atoms with E-state index in [-0.39, 0.29) is 37.5 Å². The molecule has 0 spiro atoms. The molecule has 2 amide bonds. The Morgan fingerprint density at radius 3 is 1.42 bits per heavy atom. The minimum Gasteiger partial charge on any atom is -0.480 e. The van der Waals surface area contributed by atoms with Crippen molar-refractivity contribution in [2.45, 2.75) is 64.8 Å². The van der Waals surface area contributed by atoms with E-state index in [0.29, 0.717) is 32.7 Å². The van der Waals surface area contributed by atoms with Gasteiger partial charge in [-0.1, -0.05) is 0 Å². The number of rotatable bonds is 2. The molecule has 36 heavy (non-hydrogen) atoms. The first-order chi connectivity index (χ1) is 15.9. The van der Waals surface area contributed by atoms with E-state index in [0.717, 1.165) is 0 Å². The minimum absolute atomic E-state index is 0. The maximum atomic E-state index is 11.9. The van der Waals surface area contributed by atoms with Crippen molar-refractivity contribution in [1.29, 1.82) is 0 Å². The van der Waals surface area contributed by atoms with Gasteiger partial charge in [0.15, 0.2) is 0 Å². The van der Waals surface area contributed by atoms with E-state index >= 15 is 0 Å². The molecule has 13 heteroatoms. The molecular weight excluding hydrogens is 467 g/mol. The van der Waals surface area contributed by atoms with Crippen LogP contribution < -0.4 is 18.9 Å². The Morgan fingerprint density at radius 2 is 1.08 bits per heavy atom. The monoisotopic (exact) mass is 509 g/mol. The van der Waals surface area contributed by atoms with Crippen LogP contribution in [0.5, 0.6) is 0 Å². The summed E-state index contributed by atoms with van der Waals surface area (Å²) in [5.74, 6) is -1.24. The number of hydrogen-bond acceptors (Lipinski definition) is 9. The van der Waals surface area contributed by atoms with E-state index < -0.39 is 35.3 Å². The molecule has 1 N–H and O–H groups in total. The normalized spacial score (nSPS) is 21.4. The number of aliphatic carboxylic acids is 1. The average Bonchev–Trinajstić information content (AvgIpc) is 2.71. The van der Waals surface area contributed by atoms with Gasteiger partial charge >= 0.3 is 43.0 Å². The topological polar surface area (TPSA) is 129 Å². The number of esters is 1. The van der Waals surface area contributed by atoms with E-state index in [2.05, 4.69) is 0 Å². The van der Waals surface area contributed by atoms with Crippen LogP contribution in [0, 0.1) is 0 Å². The number of carboxylic acid groups (broad SMARTS) is 1. The maximum absolute atomic E-state index is 11.9.